The van der Waals surface area contributed by atoms with Crippen molar-refractivity contribution in [2.45, 2.75) is 46.0 Å². The van der Waals surface area contributed by atoms with Crippen LogP contribution in [0.4, 0.5) is 10.1 Å². The fourth-order valence-electron chi connectivity index (χ4n) is 3.56. The molecule has 1 fully saturated rings. The topological polar surface area (TPSA) is 55.1 Å². The molecule has 0 spiro atoms. The maximum absolute atomic E-state index is 13.3. The molecular formula is C17H25FN2O. The summed E-state index contributed by atoms with van der Waals surface area (Å²) in [5, 5.41) is 2.98. The normalized spacial score (nSPS) is 17.1. The Kier molecular flexibility index (Phi) is 4.86. The smallest absolute Gasteiger partial charge is 0.251 e. The Morgan fingerprint density at radius 2 is 2.00 bits per heavy atom. The molecule has 0 aliphatic heterocycles. The number of halogens is 1. The number of nitrogens with two attached hydrogens (primary N) is 1. The van der Waals surface area contributed by atoms with E-state index >= 15 is 0 Å². The Balaban J connectivity index is 2.01. The summed E-state index contributed by atoms with van der Waals surface area (Å²) in [7, 11) is 0. The lowest BCUT2D eigenvalue weighted by Gasteiger charge is -2.31. The highest BCUT2D eigenvalue weighted by molar-refractivity contribution is 5.95. The van der Waals surface area contributed by atoms with E-state index in [4.69, 9.17) is 5.73 Å². The van der Waals surface area contributed by atoms with E-state index < -0.39 is 5.82 Å². The molecule has 0 bridgehead atoms. The number of carbonyl (C=O) groups excluding carboxylic acids is 1. The highest BCUT2D eigenvalue weighted by Crippen LogP contribution is 2.42. The quantitative estimate of drug-likeness (QED) is 0.812. The fourth-order valence-corrected chi connectivity index (χ4v) is 3.56. The minimum absolute atomic E-state index is 0.211. The Morgan fingerprint density at radius 3 is 2.57 bits per heavy atom. The molecule has 1 saturated carbocycles. The van der Waals surface area contributed by atoms with Gasteiger partial charge in [-0.15, -0.1) is 0 Å². The van der Waals surface area contributed by atoms with Crippen LogP contribution >= 0.6 is 0 Å². The zero-order valence-electron chi connectivity index (χ0n) is 12.9. The largest absolute Gasteiger partial charge is 0.399 e. The van der Waals surface area contributed by atoms with Crippen LogP contribution in [0.2, 0.25) is 0 Å². The first-order chi connectivity index (χ1) is 9.90. The van der Waals surface area contributed by atoms with Crippen LogP contribution in [-0.2, 0) is 0 Å². The van der Waals surface area contributed by atoms with E-state index in [2.05, 4.69) is 19.2 Å². The maximum Gasteiger partial charge on any atom is 0.251 e. The van der Waals surface area contributed by atoms with Crippen LogP contribution in [0, 0.1) is 17.2 Å². The van der Waals surface area contributed by atoms with Gasteiger partial charge in [0.25, 0.3) is 5.91 Å². The van der Waals surface area contributed by atoms with Gasteiger partial charge in [-0.3, -0.25) is 4.79 Å². The summed E-state index contributed by atoms with van der Waals surface area (Å²) in [5.41, 5.74) is 6.37. The van der Waals surface area contributed by atoms with Crippen LogP contribution in [0.5, 0.6) is 0 Å². The molecule has 3 N–H and O–H groups in total. The summed E-state index contributed by atoms with van der Waals surface area (Å²) < 4.78 is 13.3. The zero-order chi connectivity index (χ0) is 15.5. The van der Waals surface area contributed by atoms with Gasteiger partial charge >= 0.3 is 0 Å². The lowest BCUT2D eigenvalue weighted by molar-refractivity contribution is 0.0921. The van der Waals surface area contributed by atoms with E-state index in [0.29, 0.717) is 18.0 Å². The molecule has 0 radical (unpaired) electrons. The molecule has 1 amide bonds. The summed E-state index contributed by atoms with van der Waals surface area (Å²) >= 11 is 0. The average Bonchev–Trinajstić information content (AvgIpc) is 2.83. The van der Waals surface area contributed by atoms with Gasteiger partial charge in [0.1, 0.15) is 5.82 Å². The molecule has 0 aromatic heterocycles. The van der Waals surface area contributed by atoms with Gasteiger partial charge in [-0.1, -0.05) is 26.7 Å². The molecule has 21 heavy (non-hydrogen) atoms. The molecule has 3 nitrogen and oxygen atoms in total. The fraction of sp³-hybridized carbons (Fsp3) is 0.588. The number of hydrogen-bond acceptors (Lipinski definition) is 2. The summed E-state index contributed by atoms with van der Waals surface area (Å²) in [5.74, 6) is -0.0982. The minimum Gasteiger partial charge on any atom is -0.399 e. The van der Waals surface area contributed by atoms with E-state index in [1.807, 2.05) is 0 Å². The third-order valence-electron chi connectivity index (χ3n) is 4.31. The van der Waals surface area contributed by atoms with E-state index in [1.54, 1.807) is 0 Å². The van der Waals surface area contributed by atoms with Gasteiger partial charge in [-0.05, 0) is 48.8 Å². The first-order valence-electron chi connectivity index (χ1n) is 7.74. The van der Waals surface area contributed by atoms with Gasteiger partial charge in [0.05, 0.1) is 0 Å². The maximum atomic E-state index is 13.3. The second-order valence-electron chi connectivity index (χ2n) is 6.76. The van der Waals surface area contributed by atoms with Crippen molar-refractivity contribution in [3.05, 3.63) is 29.6 Å². The second kappa shape index (κ2) is 6.46. The van der Waals surface area contributed by atoms with Crippen molar-refractivity contribution in [2.24, 2.45) is 11.3 Å². The highest BCUT2D eigenvalue weighted by Gasteiger charge is 2.34. The van der Waals surface area contributed by atoms with Crippen molar-refractivity contribution in [2.75, 3.05) is 12.3 Å². The molecule has 0 atom stereocenters. The number of anilines is 1. The Hall–Kier alpha value is -1.58. The van der Waals surface area contributed by atoms with Crippen molar-refractivity contribution in [1.82, 2.24) is 5.32 Å². The Labute approximate surface area is 126 Å². The molecule has 1 aromatic rings. The summed E-state index contributed by atoms with van der Waals surface area (Å²) in [6.07, 6.45) is 5.91. The Morgan fingerprint density at radius 1 is 1.33 bits per heavy atom. The SMILES string of the molecule is CC(C)CC1(CNC(=O)c2cc(N)cc(F)c2)CCCC1. The van der Waals surface area contributed by atoms with E-state index in [0.717, 1.165) is 19.3 Å². The molecule has 4 heteroatoms. The Bertz CT molecular complexity index is 487. The first kappa shape index (κ1) is 15.8. The molecule has 116 valence electrons. The number of nitrogen functional groups attached to an aromatic ring is 1. The molecule has 0 unspecified atom stereocenters. The third kappa shape index (κ3) is 4.19. The average molecular weight is 292 g/mol. The molecule has 1 aromatic carbocycles. The van der Waals surface area contributed by atoms with Crippen molar-refractivity contribution in [1.29, 1.82) is 0 Å². The van der Waals surface area contributed by atoms with Crippen LogP contribution in [0.1, 0.15) is 56.3 Å². The van der Waals surface area contributed by atoms with Crippen molar-refractivity contribution < 1.29 is 9.18 Å². The molecule has 2 rings (SSSR count). The monoisotopic (exact) mass is 292 g/mol. The van der Waals surface area contributed by atoms with Gasteiger partial charge < -0.3 is 11.1 Å². The number of nitrogens with one attached hydrogen (secondary N) is 1. The summed E-state index contributed by atoms with van der Waals surface area (Å²) in [6.45, 7) is 5.10. The molecule has 0 heterocycles. The lowest BCUT2D eigenvalue weighted by atomic mass is 9.78. The van der Waals surface area contributed by atoms with Gasteiger partial charge in [0.15, 0.2) is 0 Å². The van der Waals surface area contributed by atoms with Crippen LogP contribution in [0.3, 0.4) is 0 Å². The van der Waals surface area contributed by atoms with Gasteiger partial charge in [-0.25, -0.2) is 4.39 Å². The molecule has 1 aliphatic rings. The van der Waals surface area contributed by atoms with Crippen LogP contribution in [0.25, 0.3) is 0 Å². The zero-order valence-corrected chi connectivity index (χ0v) is 12.9. The predicted molar refractivity (Wildman–Crippen MR) is 83.5 cm³/mol. The highest BCUT2D eigenvalue weighted by atomic mass is 19.1. The number of rotatable bonds is 5. The lowest BCUT2D eigenvalue weighted by Crippen LogP contribution is -2.37. The number of benzene rings is 1. The molecule has 0 saturated heterocycles. The van der Waals surface area contributed by atoms with Gasteiger partial charge in [0, 0.05) is 17.8 Å². The van der Waals surface area contributed by atoms with Crippen molar-refractivity contribution in [3.8, 4) is 0 Å². The third-order valence-corrected chi connectivity index (χ3v) is 4.31. The summed E-state index contributed by atoms with van der Waals surface area (Å²) in [6, 6.07) is 3.96. The minimum atomic E-state index is -0.474. The second-order valence-corrected chi connectivity index (χ2v) is 6.76. The van der Waals surface area contributed by atoms with E-state index in [9.17, 15) is 9.18 Å². The number of carbonyl (C=O) groups is 1. The first-order valence-corrected chi connectivity index (χ1v) is 7.74. The molecular weight excluding hydrogens is 267 g/mol. The van der Waals surface area contributed by atoms with Crippen molar-refractivity contribution >= 4 is 11.6 Å². The van der Waals surface area contributed by atoms with Gasteiger partial charge in [-0.2, -0.15) is 0 Å². The molecule has 1 aliphatic carbocycles. The standard InChI is InChI=1S/C17H25FN2O/c1-12(2)10-17(5-3-4-6-17)11-20-16(21)13-7-14(18)9-15(19)8-13/h7-9,12H,3-6,10-11,19H2,1-2H3,(H,20,21). The number of hydrogen-bond donors (Lipinski definition) is 2. The number of amides is 1. The van der Waals surface area contributed by atoms with E-state index in [1.165, 1.54) is 31.0 Å². The van der Waals surface area contributed by atoms with Crippen LogP contribution < -0.4 is 11.1 Å². The predicted octanol–water partition coefficient (Wildman–Crippen LogP) is 3.74. The van der Waals surface area contributed by atoms with Crippen molar-refractivity contribution in [3.63, 3.8) is 0 Å². The van der Waals surface area contributed by atoms with Crippen LogP contribution in [-0.4, -0.2) is 12.5 Å². The summed E-state index contributed by atoms with van der Waals surface area (Å²) in [4.78, 5) is 12.2. The van der Waals surface area contributed by atoms with Gasteiger partial charge in [0.2, 0.25) is 0 Å². The van der Waals surface area contributed by atoms with E-state index in [-0.39, 0.29) is 17.0 Å². The van der Waals surface area contributed by atoms with Crippen LogP contribution in [0.15, 0.2) is 18.2 Å².